The van der Waals surface area contributed by atoms with Crippen molar-refractivity contribution in [2.75, 3.05) is 0 Å². The van der Waals surface area contributed by atoms with Gasteiger partial charge in [-0.2, -0.15) is 0 Å². The van der Waals surface area contributed by atoms with Crippen LogP contribution in [0, 0.1) is 5.92 Å². The van der Waals surface area contributed by atoms with Crippen LogP contribution in [0.15, 0.2) is 133 Å². The minimum atomic E-state index is -2.85. The summed E-state index contributed by atoms with van der Waals surface area (Å²) in [5, 5.41) is 17.0. The molecule has 32 heavy (non-hydrogen) atoms. The molecular weight excluding hydrogens is 404 g/mol. The van der Waals surface area contributed by atoms with Crippen molar-refractivity contribution >= 4 is 23.6 Å². The Labute approximate surface area is 192 Å². The molecule has 1 nitrogen and oxygen atoms in total. The van der Waals surface area contributed by atoms with Crippen LogP contribution >= 0.6 is 0 Å². The van der Waals surface area contributed by atoms with Crippen LogP contribution in [0.4, 0.5) is 0 Å². The summed E-state index contributed by atoms with van der Waals surface area (Å²) in [6.45, 7) is 8.90. The fourth-order valence-corrected chi connectivity index (χ4v) is 10.0. The highest BCUT2D eigenvalue weighted by Crippen LogP contribution is 2.40. The Hall–Kier alpha value is -3.20. The van der Waals surface area contributed by atoms with E-state index in [4.69, 9.17) is 6.58 Å². The van der Waals surface area contributed by atoms with E-state index in [2.05, 4.69) is 86.6 Å². The summed E-state index contributed by atoms with van der Waals surface area (Å²) in [5.74, 6) is -0.0552. The Morgan fingerprint density at radius 3 is 1.25 bits per heavy atom. The molecule has 4 aromatic rings. The zero-order valence-corrected chi connectivity index (χ0v) is 19.8. The fourth-order valence-electron chi connectivity index (χ4n) is 4.92. The summed E-state index contributed by atoms with van der Waals surface area (Å²) in [6.07, 6.45) is 0. The first kappa shape index (κ1) is 22.0. The van der Waals surface area contributed by atoms with Gasteiger partial charge in [0.2, 0.25) is 0 Å². The van der Waals surface area contributed by atoms with Crippen LogP contribution in [0.3, 0.4) is 0 Å². The second-order valence-electron chi connectivity index (χ2n) is 8.61. The quantitative estimate of drug-likeness (QED) is 0.327. The molecule has 0 spiro atoms. The van der Waals surface area contributed by atoms with E-state index in [1.54, 1.807) is 0 Å². The van der Waals surface area contributed by atoms with Crippen LogP contribution in [-0.2, 0) is 5.60 Å². The number of hydrogen-bond acceptors (Lipinski definition) is 1. The van der Waals surface area contributed by atoms with E-state index >= 15 is 0 Å². The largest absolute Gasteiger partial charge is 0.381 e. The molecule has 0 aromatic heterocycles. The molecule has 0 radical (unpaired) electrons. The number of benzene rings is 4. The van der Waals surface area contributed by atoms with Crippen LogP contribution in [0.5, 0.6) is 0 Å². The number of aliphatic hydroxyl groups is 1. The molecule has 0 aliphatic carbocycles. The van der Waals surface area contributed by atoms with Gasteiger partial charge < -0.3 is 5.11 Å². The molecule has 4 rings (SSSR count). The van der Waals surface area contributed by atoms with Gasteiger partial charge in [-0.15, -0.1) is 0 Å². The highest BCUT2D eigenvalue weighted by molar-refractivity contribution is 7.16. The van der Waals surface area contributed by atoms with Crippen molar-refractivity contribution in [3.05, 3.63) is 139 Å². The molecule has 1 atom stereocenters. The molecule has 1 N–H and O–H groups in total. The number of rotatable bonds is 7. The van der Waals surface area contributed by atoms with Gasteiger partial charge in [0.05, 0.1) is 0 Å². The third-order valence-electron chi connectivity index (χ3n) is 6.58. The molecule has 0 bridgehead atoms. The van der Waals surface area contributed by atoms with Crippen molar-refractivity contribution in [1.29, 1.82) is 0 Å². The van der Waals surface area contributed by atoms with E-state index in [1.165, 1.54) is 15.6 Å². The van der Waals surface area contributed by atoms with Gasteiger partial charge in [0, 0.05) is 0 Å². The topological polar surface area (TPSA) is 20.2 Å². The van der Waals surface area contributed by atoms with Crippen molar-refractivity contribution in [3.8, 4) is 0 Å². The second-order valence-corrected chi connectivity index (χ2v) is 12.4. The van der Waals surface area contributed by atoms with E-state index in [0.29, 0.717) is 0 Å². The van der Waals surface area contributed by atoms with Gasteiger partial charge in [-0.25, -0.2) is 0 Å². The maximum Gasteiger partial charge on any atom is 0.178 e. The third-order valence-corrected chi connectivity index (χ3v) is 11.5. The highest BCUT2D eigenvalue weighted by Gasteiger charge is 2.51. The predicted molar refractivity (Wildman–Crippen MR) is 138 cm³/mol. The molecule has 0 amide bonds. The lowest BCUT2D eigenvalue weighted by Gasteiger charge is -2.45. The molecular formula is C30H30OSi. The van der Waals surface area contributed by atoms with E-state index in [0.717, 1.165) is 10.8 Å². The van der Waals surface area contributed by atoms with Crippen molar-refractivity contribution in [2.24, 2.45) is 5.92 Å². The smallest absolute Gasteiger partial charge is 0.178 e. The van der Waals surface area contributed by atoms with Crippen molar-refractivity contribution in [2.45, 2.75) is 19.4 Å². The standard InChI is InChI=1S/C30H30OSi/c1-24(2)30(31,26-16-8-4-9-17-26)25(3)32(27-18-10-5-11-19-27,28-20-12-6-13-21-28)29-22-14-7-15-23-29/h4-24,31H,3H2,1-2H3. The lowest BCUT2D eigenvalue weighted by atomic mass is 9.83. The van der Waals surface area contributed by atoms with Crippen LogP contribution < -0.4 is 15.6 Å². The highest BCUT2D eigenvalue weighted by atomic mass is 28.3. The summed E-state index contributed by atoms with van der Waals surface area (Å²) in [6, 6.07) is 41.9. The third kappa shape index (κ3) is 3.56. The predicted octanol–water partition coefficient (Wildman–Crippen LogP) is 4.80. The van der Waals surface area contributed by atoms with Crippen LogP contribution in [0.2, 0.25) is 0 Å². The van der Waals surface area contributed by atoms with Gasteiger partial charge in [-0.05, 0) is 32.2 Å². The summed E-state index contributed by atoms with van der Waals surface area (Å²) in [4.78, 5) is 0. The Bertz CT molecular complexity index is 1060. The zero-order chi connectivity index (χ0) is 22.6. The molecule has 4 aromatic carbocycles. The zero-order valence-electron chi connectivity index (χ0n) is 18.8. The Morgan fingerprint density at radius 1 is 0.625 bits per heavy atom. The first-order valence-corrected chi connectivity index (χ1v) is 13.2. The second kappa shape index (κ2) is 9.11. The fraction of sp³-hybridized carbons (Fsp3) is 0.133. The van der Waals surface area contributed by atoms with Gasteiger partial charge in [-0.1, -0.05) is 142 Å². The average Bonchev–Trinajstić information content (AvgIpc) is 2.86. The van der Waals surface area contributed by atoms with E-state index < -0.39 is 13.7 Å². The van der Waals surface area contributed by atoms with Crippen molar-refractivity contribution in [1.82, 2.24) is 0 Å². The van der Waals surface area contributed by atoms with Gasteiger partial charge in [0.25, 0.3) is 0 Å². The molecule has 0 heterocycles. The SMILES string of the molecule is C=C(C(O)(c1ccccc1)C(C)C)[Si](c1ccccc1)(c1ccccc1)c1ccccc1. The molecule has 0 aliphatic rings. The minimum Gasteiger partial charge on any atom is -0.381 e. The molecule has 2 heteroatoms. The Balaban J connectivity index is 2.11. The summed E-state index contributed by atoms with van der Waals surface area (Å²) in [5.41, 5.74) is -0.297. The van der Waals surface area contributed by atoms with Crippen molar-refractivity contribution in [3.63, 3.8) is 0 Å². The maximum atomic E-state index is 12.5. The molecule has 1 unspecified atom stereocenters. The van der Waals surface area contributed by atoms with Crippen LogP contribution in [0.25, 0.3) is 0 Å². The van der Waals surface area contributed by atoms with E-state index in [9.17, 15) is 5.11 Å². The first-order chi connectivity index (χ1) is 15.5. The van der Waals surface area contributed by atoms with Gasteiger partial charge >= 0.3 is 0 Å². The van der Waals surface area contributed by atoms with E-state index in [1.807, 2.05) is 48.5 Å². The number of hydrogen-bond donors (Lipinski definition) is 1. The first-order valence-electron chi connectivity index (χ1n) is 11.2. The summed E-state index contributed by atoms with van der Waals surface area (Å²) in [7, 11) is -2.85. The molecule has 0 aliphatic heterocycles. The Kier molecular flexibility index (Phi) is 6.27. The van der Waals surface area contributed by atoms with Gasteiger partial charge in [0.1, 0.15) is 5.60 Å². The molecule has 160 valence electrons. The molecule has 0 fully saturated rings. The van der Waals surface area contributed by atoms with Crippen molar-refractivity contribution < 1.29 is 5.11 Å². The van der Waals surface area contributed by atoms with E-state index in [-0.39, 0.29) is 5.92 Å². The van der Waals surface area contributed by atoms with Gasteiger partial charge in [0.15, 0.2) is 8.07 Å². The summed E-state index contributed by atoms with van der Waals surface area (Å²) < 4.78 is 0. The lowest BCUT2D eigenvalue weighted by Crippen LogP contribution is -2.71. The maximum absolute atomic E-state index is 12.5. The Morgan fingerprint density at radius 2 is 0.938 bits per heavy atom. The monoisotopic (exact) mass is 434 g/mol. The molecule has 0 saturated carbocycles. The minimum absolute atomic E-state index is 0.0552. The van der Waals surface area contributed by atoms with Gasteiger partial charge in [-0.3, -0.25) is 0 Å². The van der Waals surface area contributed by atoms with Crippen LogP contribution in [-0.4, -0.2) is 13.2 Å². The lowest BCUT2D eigenvalue weighted by molar-refractivity contribution is 0.0345. The summed E-state index contributed by atoms with van der Waals surface area (Å²) >= 11 is 0. The van der Waals surface area contributed by atoms with Crippen LogP contribution in [0.1, 0.15) is 19.4 Å². The molecule has 0 saturated heterocycles. The normalized spacial score (nSPS) is 13.5. The average molecular weight is 435 g/mol.